The minimum atomic E-state index is -4.44. The van der Waals surface area contributed by atoms with Gasteiger partial charge in [0.2, 0.25) is 0 Å². The zero-order valence-electron chi connectivity index (χ0n) is 16.1. The van der Waals surface area contributed by atoms with Crippen molar-refractivity contribution >= 4 is 22.4 Å². The van der Waals surface area contributed by atoms with Crippen LogP contribution in [-0.4, -0.2) is 17.6 Å². The quantitative estimate of drug-likeness (QED) is 0.585. The number of carbonyl (C=O) groups is 1. The molecule has 3 rings (SSSR count). The summed E-state index contributed by atoms with van der Waals surface area (Å²) < 4.78 is 45.1. The Morgan fingerprint density at radius 3 is 2.68 bits per heavy atom. The number of ether oxygens (including phenoxy) is 1. The van der Waals surface area contributed by atoms with Crippen LogP contribution in [0.25, 0.3) is 16.5 Å². The minimum Gasteiger partial charge on any atom is -0.466 e. The highest BCUT2D eigenvalue weighted by atomic mass is 19.4. The van der Waals surface area contributed by atoms with E-state index in [9.17, 15) is 18.0 Å². The van der Waals surface area contributed by atoms with E-state index in [2.05, 4.69) is 11.1 Å². The normalized spacial score (nSPS) is 18.6. The van der Waals surface area contributed by atoms with E-state index in [4.69, 9.17) is 4.74 Å². The van der Waals surface area contributed by atoms with Gasteiger partial charge in [0.25, 0.3) is 0 Å². The Kier molecular flexibility index (Phi) is 6.06. The van der Waals surface area contributed by atoms with E-state index >= 15 is 0 Å². The van der Waals surface area contributed by atoms with Gasteiger partial charge in [-0.25, -0.2) is 0 Å². The molecule has 0 aliphatic heterocycles. The number of alkyl halides is 3. The van der Waals surface area contributed by atoms with Crippen LogP contribution in [0.5, 0.6) is 0 Å². The number of carbonyl (C=O) groups excluding carboxylic acids is 1. The molecule has 0 radical (unpaired) electrons. The molecule has 0 saturated carbocycles. The number of allylic oxidation sites excluding steroid dienone is 2. The molecular weight excluding hydrogens is 367 g/mol. The van der Waals surface area contributed by atoms with Crippen LogP contribution in [0.15, 0.2) is 36.5 Å². The number of hydrogen-bond donors (Lipinski definition) is 0. The Morgan fingerprint density at radius 1 is 1.29 bits per heavy atom. The third-order valence-electron chi connectivity index (χ3n) is 5.47. The van der Waals surface area contributed by atoms with Gasteiger partial charge in [0.05, 0.1) is 23.6 Å². The molecule has 1 aliphatic rings. The summed E-state index contributed by atoms with van der Waals surface area (Å²) in [5.41, 5.74) is 1.07. The van der Waals surface area contributed by atoms with Crippen LogP contribution in [0.2, 0.25) is 0 Å². The zero-order chi connectivity index (χ0) is 20.3. The highest BCUT2D eigenvalue weighted by Gasteiger charge is 2.34. The first-order valence-electron chi connectivity index (χ1n) is 9.67. The second-order valence-electron chi connectivity index (χ2n) is 7.09. The molecule has 0 spiro atoms. The highest BCUT2D eigenvalue weighted by Crippen LogP contribution is 2.40. The summed E-state index contributed by atoms with van der Waals surface area (Å²) in [6, 6.07) is 5.95. The molecule has 1 aromatic carbocycles. The van der Waals surface area contributed by atoms with Gasteiger partial charge in [0.15, 0.2) is 0 Å². The van der Waals surface area contributed by atoms with Gasteiger partial charge in [-0.2, -0.15) is 13.2 Å². The number of hydrogen-bond acceptors (Lipinski definition) is 3. The molecule has 2 unspecified atom stereocenters. The molecular formula is C22H24F3NO2. The van der Waals surface area contributed by atoms with Crippen molar-refractivity contribution < 1.29 is 22.7 Å². The predicted molar refractivity (Wildman–Crippen MR) is 102 cm³/mol. The van der Waals surface area contributed by atoms with Crippen LogP contribution in [0.4, 0.5) is 13.2 Å². The van der Waals surface area contributed by atoms with Crippen molar-refractivity contribution in [2.75, 3.05) is 6.61 Å². The van der Waals surface area contributed by atoms with Crippen LogP contribution >= 0.6 is 0 Å². The van der Waals surface area contributed by atoms with E-state index in [0.717, 1.165) is 42.9 Å². The number of fused-ring (bicyclic) bond motifs is 1. The maximum absolute atomic E-state index is 13.3. The monoisotopic (exact) mass is 391 g/mol. The molecule has 28 heavy (non-hydrogen) atoms. The first kappa shape index (κ1) is 20.4. The van der Waals surface area contributed by atoms with Crippen LogP contribution in [-0.2, 0) is 15.7 Å². The lowest BCUT2D eigenvalue weighted by Crippen LogP contribution is -2.26. The van der Waals surface area contributed by atoms with Gasteiger partial charge >= 0.3 is 12.1 Å². The zero-order valence-corrected chi connectivity index (χ0v) is 16.1. The van der Waals surface area contributed by atoms with Crippen LogP contribution in [0.1, 0.15) is 50.7 Å². The van der Waals surface area contributed by atoms with Crippen LogP contribution in [0.3, 0.4) is 0 Å². The summed E-state index contributed by atoms with van der Waals surface area (Å²) in [6.07, 6.45) is 2.03. The number of nitrogens with zero attached hydrogens (tertiary/aromatic N) is 1. The largest absolute Gasteiger partial charge is 0.466 e. The number of halogens is 3. The third-order valence-corrected chi connectivity index (χ3v) is 5.47. The predicted octanol–water partition coefficient (Wildman–Crippen LogP) is 6.03. The molecule has 2 aromatic rings. The fraction of sp³-hybridized carbons (Fsp3) is 0.455. The number of pyridine rings is 1. The Balaban J connectivity index is 1.91. The lowest BCUT2D eigenvalue weighted by Gasteiger charge is -2.28. The van der Waals surface area contributed by atoms with Crippen molar-refractivity contribution in [1.82, 2.24) is 4.98 Å². The maximum atomic E-state index is 13.3. The molecule has 1 heterocycles. The minimum absolute atomic E-state index is 0.0199. The number of rotatable bonds is 5. The smallest absolute Gasteiger partial charge is 0.418 e. The average molecular weight is 391 g/mol. The summed E-state index contributed by atoms with van der Waals surface area (Å²) >= 11 is 0. The first-order valence-corrected chi connectivity index (χ1v) is 9.67. The van der Waals surface area contributed by atoms with E-state index in [1.807, 2.05) is 6.92 Å². The van der Waals surface area contributed by atoms with E-state index in [0.29, 0.717) is 12.0 Å². The van der Waals surface area contributed by atoms with E-state index in [1.165, 1.54) is 12.3 Å². The molecule has 3 nitrogen and oxygen atoms in total. The second kappa shape index (κ2) is 8.33. The summed E-state index contributed by atoms with van der Waals surface area (Å²) in [5.74, 6) is -0.0913. The molecule has 0 bridgehead atoms. The van der Waals surface area contributed by atoms with Gasteiger partial charge in [0.1, 0.15) is 0 Å². The molecule has 6 heteroatoms. The fourth-order valence-electron chi connectivity index (χ4n) is 4.09. The standard InChI is InChI=1S/C22H24F3NO2/c1-3-16(21(27)28-4-2)14-8-10-15(11-9-14)17-12-13-26-20-18(17)6-5-7-19(20)22(23,24)25/h5-7,10,12-14,16H,3-4,8-9,11H2,1-2H3. The molecule has 2 atom stereocenters. The first-order chi connectivity index (χ1) is 13.4. The summed E-state index contributed by atoms with van der Waals surface area (Å²) in [4.78, 5) is 16.2. The van der Waals surface area contributed by atoms with E-state index < -0.39 is 11.7 Å². The molecule has 0 N–H and O–H groups in total. The van der Waals surface area contributed by atoms with Gasteiger partial charge in [0, 0.05) is 11.6 Å². The molecule has 1 aromatic heterocycles. The van der Waals surface area contributed by atoms with E-state index in [1.54, 1.807) is 19.1 Å². The van der Waals surface area contributed by atoms with Gasteiger partial charge in [-0.15, -0.1) is 0 Å². The average Bonchev–Trinajstić information content (AvgIpc) is 2.68. The Bertz CT molecular complexity index is 889. The third kappa shape index (κ3) is 4.05. The number of benzene rings is 1. The van der Waals surface area contributed by atoms with Gasteiger partial charge < -0.3 is 4.74 Å². The van der Waals surface area contributed by atoms with Crippen molar-refractivity contribution in [1.29, 1.82) is 0 Å². The Labute approximate surface area is 162 Å². The van der Waals surface area contributed by atoms with Gasteiger partial charge in [-0.3, -0.25) is 9.78 Å². The summed E-state index contributed by atoms with van der Waals surface area (Å²) in [6.45, 7) is 4.15. The van der Waals surface area contributed by atoms with Crippen molar-refractivity contribution in [3.05, 3.63) is 47.7 Å². The van der Waals surface area contributed by atoms with Crippen LogP contribution in [0, 0.1) is 11.8 Å². The highest BCUT2D eigenvalue weighted by molar-refractivity contribution is 5.93. The Hall–Kier alpha value is -2.37. The lowest BCUT2D eigenvalue weighted by atomic mass is 9.78. The maximum Gasteiger partial charge on any atom is 0.418 e. The second-order valence-corrected chi connectivity index (χ2v) is 7.09. The van der Waals surface area contributed by atoms with Crippen LogP contribution < -0.4 is 0 Å². The van der Waals surface area contributed by atoms with Crippen molar-refractivity contribution in [3.63, 3.8) is 0 Å². The van der Waals surface area contributed by atoms with Crippen molar-refractivity contribution in [2.24, 2.45) is 11.8 Å². The van der Waals surface area contributed by atoms with Gasteiger partial charge in [-0.1, -0.05) is 25.1 Å². The molecule has 150 valence electrons. The fourth-order valence-corrected chi connectivity index (χ4v) is 4.09. The number of para-hydroxylation sites is 1. The van der Waals surface area contributed by atoms with Crippen molar-refractivity contribution in [2.45, 2.75) is 45.7 Å². The number of aromatic nitrogens is 1. The Morgan fingerprint density at radius 2 is 2.07 bits per heavy atom. The summed E-state index contributed by atoms with van der Waals surface area (Å²) in [7, 11) is 0. The molecule has 0 saturated heterocycles. The summed E-state index contributed by atoms with van der Waals surface area (Å²) in [5, 5.41) is 0.513. The number of esters is 1. The van der Waals surface area contributed by atoms with Gasteiger partial charge in [-0.05, 0) is 61.8 Å². The lowest BCUT2D eigenvalue weighted by molar-refractivity contribution is -0.150. The van der Waals surface area contributed by atoms with Crippen molar-refractivity contribution in [3.8, 4) is 0 Å². The topological polar surface area (TPSA) is 39.2 Å². The molecule has 1 aliphatic carbocycles. The van der Waals surface area contributed by atoms with E-state index in [-0.39, 0.29) is 23.3 Å². The molecule has 0 amide bonds. The molecule has 0 fully saturated rings. The SMILES string of the molecule is CCOC(=O)C(CC)C1CC=C(c2ccnc3c(C(F)(F)F)cccc23)CC1.